The van der Waals surface area contributed by atoms with Crippen LogP contribution in [0, 0.1) is 0 Å². The first-order chi connectivity index (χ1) is 16.1. The lowest BCUT2D eigenvalue weighted by molar-refractivity contribution is -0.116. The predicted molar refractivity (Wildman–Crippen MR) is 129 cm³/mol. The van der Waals surface area contributed by atoms with Gasteiger partial charge in [0.1, 0.15) is 5.58 Å². The van der Waals surface area contributed by atoms with Crippen LogP contribution in [0.3, 0.4) is 0 Å². The fourth-order valence-electron chi connectivity index (χ4n) is 3.51. The van der Waals surface area contributed by atoms with Crippen molar-refractivity contribution in [3.63, 3.8) is 0 Å². The number of furan rings is 1. The predicted octanol–water partition coefficient (Wildman–Crippen LogP) is 4.79. The molecule has 4 aromatic rings. The Balaban J connectivity index is 1.52. The fourth-order valence-corrected chi connectivity index (χ4v) is 4.34. The fraction of sp³-hybridized carbons (Fsp3) is 0.200. The second-order valence-corrected chi connectivity index (χ2v) is 8.39. The molecule has 2 aromatic heterocycles. The van der Waals surface area contributed by atoms with Crippen molar-refractivity contribution in [1.82, 2.24) is 14.9 Å². The molecule has 0 radical (unpaired) electrons. The lowest BCUT2D eigenvalue weighted by Crippen LogP contribution is -2.35. The quantitative estimate of drug-likeness (QED) is 0.300. The van der Waals surface area contributed by atoms with Gasteiger partial charge in [0.2, 0.25) is 5.91 Å². The molecule has 2 aromatic carbocycles. The van der Waals surface area contributed by atoms with Crippen LogP contribution in [0.25, 0.3) is 11.0 Å². The van der Waals surface area contributed by atoms with Gasteiger partial charge in [-0.05, 0) is 30.2 Å². The van der Waals surface area contributed by atoms with Gasteiger partial charge in [-0.25, -0.2) is 9.97 Å². The molecule has 0 saturated carbocycles. The van der Waals surface area contributed by atoms with Crippen molar-refractivity contribution in [3.8, 4) is 0 Å². The van der Waals surface area contributed by atoms with Gasteiger partial charge in [-0.15, -0.1) is 0 Å². The van der Waals surface area contributed by atoms with Crippen molar-refractivity contribution in [2.24, 2.45) is 0 Å². The van der Waals surface area contributed by atoms with Gasteiger partial charge in [0.15, 0.2) is 10.9 Å². The van der Waals surface area contributed by atoms with E-state index in [0.717, 1.165) is 28.6 Å². The van der Waals surface area contributed by atoms with Crippen LogP contribution in [0.15, 0.2) is 76.6 Å². The van der Waals surface area contributed by atoms with Gasteiger partial charge in [0, 0.05) is 41.8 Å². The Labute approximate surface area is 196 Å². The number of benzene rings is 2. The van der Waals surface area contributed by atoms with Crippen molar-refractivity contribution in [1.29, 1.82) is 0 Å². The zero-order chi connectivity index (χ0) is 23.2. The summed E-state index contributed by atoms with van der Waals surface area (Å²) >= 11 is 1.42. The minimum Gasteiger partial charge on any atom is -0.451 e. The van der Waals surface area contributed by atoms with E-state index >= 15 is 0 Å². The Morgan fingerprint density at radius 1 is 1.03 bits per heavy atom. The molecule has 0 fully saturated rings. The lowest BCUT2D eigenvalue weighted by Gasteiger charge is -2.17. The second kappa shape index (κ2) is 10.3. The third-order valence-electron chi connectivity index (χ3n) is 5.18. The molecule has 168 valence electrons. The minimum atomic E-state index is -0.352. The number of thioether (sulfide) groups is 1. The highest BCUT2D eigenvalue weighted by atomic mass is 32.2. The summed E-state index contributed by atoms with van der Waals surface area (Å²) in [5.74, 6) is 0.0708. The number of para-hydroxylation sites is 2. The highest BCUT2D eigenvalue weighted by Crippen LogP contribution is 2.31. The minimum absolute atomic E-state index is 0.0949. The third-order valence-corrected chi connectivity index (χ3v) is 6.08. The average Bonchev–Trinajstić information content (AvgIpc) is 3.21. The van der Waals surface area contributed by atoms with Crippen LogP contribution in [0.2, 0.25) is 0 Å². The normalized spacial score (nSPS) is 10.8. The van der Waals surface area contributed by atoms with Crippen molar-refractivity contribution < 1.29 is 14.0 Å². The molecule has 8 heteroatoms. The first-order valence-corrected chi connectivity index (χ1v) is 11.6. The summed E-state index contributed by atoms with van der Waals surface area (Å²) in [4.78, 5) is 35.7. The maximum Gasteiger partial charge on any atom is 0.290 e. The zero-order valence-electron chi connectivity index (χ0n) is 18.4. The van der Waals surface area contributed by atoms with Crippen LogP contribution >= 0.6 is 11.8 Å². The summed E-state index contributed by atoms with van der Waals surface area (Å²) in [7, 11) is 1.60. The Bertz CT molecular complexity index is 1270. The van der Waals surface area contributed by atoms with Gasteiger partial charge in [-0.3, -0.25) is 9.59 Å². The van der Waals surface area contributed by atoms with E-state index in [4.69, 9.17) is 4.42 Å². The molecule has 0 aliphatic carbocycles. The molecule has 0 unspecified atom stereocenters. The number of hydrogen-bond acceptors (Lipinski definition) is 6. The van der Waals surface area contributed by atoms with Gasteiger partial charge >= 0.3 is 0 Å². The number of anilines is 1. The molecule has 2 amide bonds. The molecule has 0 spiro atoms. The van der Waals surface area contributed by atoms with E-state index in [1.54, 1.807) is 25.5 Å². The monoisotopic (exact) mass is 460 g/mol. The second-order valence-electron chi connectivity index (χ2n) is 7.45. The topological polar surface area (TPSA) is 88.3 Å². The van der Waals surface area contributed by atoms with Gasteiger partial charge in [-0.1, -0.05) is 55.1 Å². The maximum absolute atomic E-state index is 13.3. The van der Waals surface area contributed by atoms with Crippen LogP contribution in [-0.2, 0) is 17.0 Å². The largest absolute Gasteiger partial charge is 0.451 e. The summed E-state index contributed by atoms with van der Waals surface area (Å²) < 4.78 is 5.93. The van der Waals surface area contributed by atoms with E-state index < -0.39 is 0 Å². The smallest absolute Gasteiger partial charge is 0.290 e. The number of fused-ring (bicyclic) bond motifs is 1. The highest BCUT2D eigenvalue weighted by Gasteiger charge is 2.25. The standard InChI is InChI=1S/C25H24N4O3S/c1-3-17-9-4-6-11-20(17)28-22(30)15-29(2)24(31)23-19(16-33-25-26-13-8-14-27-25)18-10-5-7-12-21(18)32-23/h4-14H,3,15-16H2,1-2H3,(H,28,30). The number of carbonyl (C=O) groups is 2. The molecule has 0 aliphatic heterocycles. The Hall–Kier alpha value is -3.65. The third kappa shape index (κ3) is 5.23. The molecule has 2 heterocycles. The lowest BCUT2D eigenvalue weighted by atomic mass is 10.1. The Kier molecular flexibility index (Phi) is 7.04. The summed E-state index contributed by atoms with van der Waals surface area (Å²) in [6.45, 7) is 1.94. The number of aryl methyl sites for hydroxylation is 1. The van der Waals surface area contributed by atoms with E-state index in [-0.39, 0.29) is 24.1 Å². The Morgan fingerprint density at radius 2 is 1.76 bits per heavy atom. The van der Waals surface area contributed by atoms with Gasteiger partial charge in [-0.2, -0.15) is 0 Å². The van der Waals surface area contributed by atoms with Crippen LogP contribution in [0.1, 0.15) is 28.6 Å². The van der Waals surface area contributed by atoms with Crippen LogP contribution < -0.4 is 5.32 Å². The number of nitrogens with zero attached hydrogens (tertiary/aromatic N) is 3. The first-order valence-electron chi connectivity index (χ1n) is 10.6. The molecular weight excluding hydrogens is 436 g/mol. The molecule has 0 saturated heterocycles. The van der Waals surface area contributed by atoms with Crippen LogP contribution in [0.4, 0.5) is 5.69 Å². The molecule has 0 aliphatic rings. The molecule has 0 atom stereocenters. The Morgan fingerprint density at radius 3 is 2.55 bits per heavy atom. The van der Waals surface area contributed by atoms with Crippen molar-refractivity contribution in [3.05, 3.63) is 83.9 Å². The van der Waals surface area contributed by atoms with Crippen molar-refractivity contribution in [2.45, 2.75) is 24.3 Å². The summed E-state index contributed by atoms with van der Waals surface area (Å²) in [6.07, 6.45) is 4.16. The molecule has 4 rings (SSSR count). The number of carbonyl (C=O) groups excluding carboxylic acids is 2. The number of aromatic nitrogens is 2. The highest BCUT2D eigenvalue weighted by molar-refractivity contribution is 7.98. The molecule has 33 heavy (non-hydrogen) atoms. The van der Waals surface area contributed by atoms with Crippen molar-refractivity contribution in [2.75, 3.05) is 18.9 Å². The van der Waals surface area contributed by atoms with E-state index in [9.17, 15) is 9.59 Å². The van der Waals surface area contributed by atoms with Gasteiger partial charge < -0.3 is 14.6 Å². The van der Waals surface area contributed by atoms with E-state index in [1.165, 1.54) is 16.7 Å². The molecule has 1 N–H and O–H groups in total. The molecule has 7 nitrogen and oxygen atoms in total. The first kappa shape index (κ1) is 22.5. The van der Waals surface area contributed by atoms with E-state index in [2.05, 4.69) is 15.3 Å². The molecular formula is C25H24N4O3S. The van der Waals surface area contributed by atoms with Crippen LogP contribution in [-0.4, -0.2) is 40.3 Å². The maximum atomic E-state index is 13.3. The summed E-state index contributed by atoms with van der Waals surface area (Å²) in [6, 6.07) is 16.9. The van der Waals surface area contributed by atoms with Gasteiger partial charge in [0.05, 0.1) is 6.54 Å². The number of hydrogen-bond donors (Lipinski definition) is 1. The molecule has 0 bridgehead atoms. The van der Waals surface area contributed by atoms with Crippen molar-refractivity contribution >= 4 is 40.2 Å². The average molecular weight is 461 g/mol. The summed E-state index contributed by atoms with van der Waals surface area (Å²) in [5, 5.41) is 4.38. The summed E-state index contributed by atoms with van der Waals surface area (Å²) in [5.41, 5.74) is 3.19. The zero-order valence-corrected chi connectivity index (χ0v) is 19.3. The van der Waals surface area contributed by atoms with Crippen LogP contribution in [0.5, 0.6) is 0 Å². The number of nitrogens with one attached hydrogen (secondary N) is 1. The number of amides is 2. The van der Waals surface area contributed by atoms with E-state index in [1.807, 2.05) is 55.5 Å². The number of likely N-dealkylation sites (N-methyl/N-ethyl adjacent to an activating group) is 1. The van der Waals surface area contributed by atoms with E-state index in [0.29, 0.717) is 16.5 Å². The van der Waals surface area contributed by atoms with Gasteiger partial charge in [0.25, 0.3) is 5.91 Å². The number of rotatable bonds is 8. The SMILES string of the molecule is CCc1ccccc1NC(=O)CN(C)C(=O)c1oc2ccccc2c1CSc1ncccn1.